The summed E-state index contributed by atoms with van der Waals surface area (Å²) in [6.45, 7) is -0.746. The maximum Gasteiger partial charge on any atom is 0.338 e. The average molecular weight is 877 g/mol. The Balaban J connectivity index is 1.05. The molecule has 6 aliphatic rings. The number of esters is 2. The number of ether oxygens (including phenoxy) is 9. The van der Waals surface area contributed by atoms with Crippen LogP contribution >= 0.6 is 0 Å². The van der Waals surface area contributed by atoms with E-state index in [1.54, 1.807) is 37.3 Å². The maximum atomic E-state index is 13.9. The molecule has 1 aromatic rings. The molecule has 5 heterocycles. The molecule has 5 saturated heterocycles. The number of fused-ring (bicyclic) bond motifs is 1. The van der Waals surface area contributed by atoms with Crippen LogP contribution in [-0.4, -0.2) is 216 Å². The second-order valence-corrected chi connectivity index (χ2v) is 16.3. The molecule has 5 aliphatic heterocycles. The zero-order valence-electron chi connectivity index (χ0n) is 32.6. The minimum absolute atomic E-state index is 0.142. The average Bonchev–Trinajstić information content (AvgIpc) is 3.46. The van der Waals surface area contributed by atoms with Crippen molar-refractivity contribution in [2.75, 3.05) is 26.4 Å². The summed E-state index contributed by atoms with van der Waals surface area (Å²) in [5, 5.41) is 117. The highest BCUT2D eigenvalue weighted by molar-refractivity contribution is 5.97. The number of rotatable bonds is 10. The molecule has 0 aromatic heterocycles. The Morgan fingerprint density at radius 1 is 0.754 bits per heavy atom. The molecule has 1 saturated carbocycles. The van der Waals surface area contributed by atoms with Crippen molar-refractivity contribution in [2.24, 2.45) is 11.8 Å². The van der Waals surface area contributed by atoms with Crippen LogP contribution in [0.1, 0.15) is 36.5 Å². The molecule has 0 amide bonds. The van der Waals surface area contributed by atoms with Gasteiger partial charge in [-0.2, -0.15) is 0 Å². The molecule has 342 valence electrons. The van der Waals surface area contributed by atoms with Crippen molar-refractivity contribution in [1.29, 1.82) is 0 Å². The first-order valence-electron chi connectivity index (χ1n) is 19.9. The van der Waals surface area contributed by atoms with Crippen molar-refractivity contribution in [3.8, 4) is 0 Å². The Labute approximate surface area is 346 Å². The Morgan fingerprint density at radius 3 is 2.10 bits per heavy atom. The molecule has 6 fully saturated rings. The van der Waals surface area contributed by atoms with Crippen LogP contribution in [0.4, 0.5) is 0 Å². The van der Waals surface area contributed by atoms with E-state index in [1.165, 1.54) is 0 Å². The quantitative estimate of drug-likeness (QED) is 0.0975. The van der Waals surface area contributed by atoms with E-state index in [4.69, 9.17) is 42.6 Å². The number of Topliss-reactive ketones (excluding diaryl/α,β-unsaturated/α-hetero) is 1. The third kappa shape index (κ3) is 8.59. The minimum Gasteiger partial charge on any atom is -0.458 e. The molecule has 21 unspecified atom stereocenters. The van der Waals surface area contributed by atoms with Gasteiger partial charge in [0.1, 0.15) is 73.2 Å². The van der Waals surface area contributed by atoms with Gasteiger partial charge in [0, 0.05) is 12.3 Å². The van der Waals surface area contributed by atoms with Gasteiger partial charge in [-0.1, -0.05) is 25.1 Å². The summed E-state index contributed by atoms with van der Waals surface area (Å²) >= 11 is 0. The lowest BCUT2D eigenvalue weighted by molar-refractivity contribution is -0.379. The number of ketones is 1. The SMILES string of the molecule is CC1COC2(CC1OC(=O)c1ccccc1)OC1CC(C(=O)OC3OC(CO)C(O)C(O)C3OC3OC(CO)C(O)C(OC4OCC(O)C(O)C4O)C3O)CC(O)C1(O)C2=O. The van der Waals surface area contributed by atoms with Crippen molar-refractivity contribution in [3.05, 3.63) is 35.9 Å². The fraction of sp³-hybridized carbons (Fsp3) is 0.763. The first-order chi connectivity index (χ1) is 28.9. The summed E-state index contributed by atoms with van der Waals surface area (Å²) in [5.41, 5.74) is -2.32. The van der Waals surface area contributed by atoms with Crippen LogP contribution in [0.25, 0.3) is 0 Å². The molecule has 61 heavy (non-hydrogen) atoms. The summed E-state index contributed by atoms with van der Waals surface area (Å²) < 4.78 is 50.8. The number of carbonyl (C=O) groups is 3. The second kappa shape index (κ2) is 18.3. The van der Waals surface area contributed by atoms with Gasteiger partial charge in [-0.05, 0) is 25.0 Å². The van der Waals surface area contributed by atoms with E-state index in [1.807, 2.05) is 0 Å². The smallest absolute Gasteiger partial charge is 0.338 e. The van der Waals surface area contributed by atoms with E-state index in [2.05, 4.69) is 0 Å². The van der Waals surface area contributed by atoms with Crippen LogP contribution < -0.4 is 0 Å². The molecule has 0 radical (unpaired) electrons. The first kappa shape index (κ1) is 46.1. The van der Waals surface area contributed by atoms with E-state index in [9.17, 15) is 70.6 Å². The fourth-order valence-electron chi connectivity index (χ4n) is 8.53. The number of aliphatic hydroxyl groups is 11. The molecule has 23 heteroatoms. The van der Waals surface area contributed by atoms with E-state index < -0.39 is 178 Å². The summed E-state index contributed by atoms with van der Waals surface area (Å²) in [5.74, 6) is -6.81. The standard InChI is InChI=1S/C38H52O23/c1-14-12-54-37(9-18(14)55-31(49)15-5-3-2-4-6-15)36(51)38(52)21(42)7-16(8-22(38)61-37)32(50)60-35-30(26(46)24(44)19(10-39)57-35)59-34-28(48)29(25(45)20(11-40)56-34)58-33-27(47)23(43)17(41)13-53-33/h2-6,14,16-30,33-35,39-48,52H,7-13H2,1H3. The van der Waals surface area contributed by atoms with Gasteiger partial charge in [-0.25, -0.2) is 4.79 Å². The Kier molecular flexibility index (Phi) is 13.8. The third-order valence-electron chi connectivity index (χ3n) is 12.2. The zero-order valence-corrected chi connectivity index (χ0v) is 32.6. The van der Waals surface area contributed by atoms with Crippen molar-refractivity contribution < 1.29 is 113 Å². The normalized spacial score (nSPS) is 47.7. The molecule has 23 nitrogen and oxygen atoms in total. The number of hydrogen-bond acceptors (Lipinski definition) is 23. The monoisotopic (exact) mass is 876 g/mol. The van der Waals surface area contributed by atoms with E-state index in [0.717, 1.165) is 0 Å². The predicted octanol–water partition coefficient (Wildman–Crippen LogP) is -5.93. The van der Waals surface area contributed by atoms with Crippen LogP contribution in [0.15, 0.2) is 30.3 Å². The van der Waals surface area contributed by atoms with Gasteiger partial charge in [0.15, 0.2) is 24.3 Å². The van der Waals surface area contributed by atoms with Gasteiger partial charge in [-0.15, -0.1) is 0 Å². The number of benzene rings is 1. The zero-order chi connectivity index (χ0) is 44.1. The van der Waals surface area contributed by atoms with Crippen molar-refractivity contribution in [2.45, 2.75) is 142 Å². The number of carbonyl (C=O) groups excluding carboxylic acids is 3. The summed E-state index contributed by atoms with van der Waals surface area (Å²) in [6.07, 6.45) is -31.4. The Bertz CT molecular complexity index is 1700. The molecule has 1 spiro atoms. The van der Waals surface area contributed by atoms with Crippen LogP contribution in [0.2, 0.25) is 0 Å². The highest BCUT2D eigenvalue weighted by Crippen LogP contribution is 2.50. The van der Waals surface area contributed by atoms with Crippen LogP contribution in [-0.2, 0) is 52.2 Å². The van der Waals surface area contributed by atoms with Gasteiger partial charge in [0.05, 0.1) is 44.0 Å². The lowest BCUT2D eigenvalue weighted by Crippen LogP contribution is -2.66. The Morgan fingerprint density at radius 2 is 1.41 bits per heavy atom. The van der Waals surface area contributed by atoms with Gasteiger partial charge in [-0.3, -0.25) is 9.59 Å². The van der Waals surface area contributed by atoms with Gasteiger partial charge < -0.3 is 98.8 Å². The van der Waals surface area contributed by atoms with Gasteiger partial charge in [0.25, 0.3) is 0 Å². The predicted molar refractivity (Wildman–Crippen MR) is 191 cm³/mol. The molecule has 21 atom stereocenters. The lowest BCUT2D eigenvalue weighted by atomic mass is 9.72. The number of hydrogen-bond donors (Lipinski definition) is 11. The van der Waals surface area contributed by atoms with Crippen LogP contribution in [0, 0.1) is 11.8 Å². The highest BCUT2D eigenvalue weighted by atomic mass is 16.8. The molecular formula is C38H52O23. The van der Waals surface area contributed by atoms with E-state index in [-0.39, 0.29) is 18.6 Å². The van der Waals surface area contributed by atoms with Crippen LogP contribution in [0.3, 0.4) is 0 Å². The van der Waals surface area contributed by atoms with Crippen molar-refractivity contribution >= 4 is 17.7 Å². The molecule has 11 N–H and O–H groups in total. The second-order valence-electron chi connectivity index (χ2n) is 16.3. The molecule has 1 aromatic carbocycles. The molecule has 1 aliphatic carbocycles. The topological polar surface area (TPSA) is 357 Å². The van der Waals surface area contributed by atoms with Crippen molar-refractivity contribution in [1.82, 2.24) is 0 Å². The summed E-state index contributed by atoms with van der Waals surface area (Å²) in [4.78, 5) is 40.7. The highest BCUT2D eigenvalue weighted by Gasteiger charge is 2.71. The van der Waals surface area contributed by atoms with Gasteiger partial charge >= 0.3 is 11.9 Å². The first-order valence-corrected chi connectivity index (χ1v) is 19.9. The summed E-state index contributed by atoms with van der Waals surface area (Å²) in [6, 6.07) is 8.09. The van der Waals surface area contributed by atoms with E-state index in [0.29, 0.717) is 0 Å². The van der Waals surface area contributed by atoms with E-state index >= 15 is 0 Å². The molecule has 7 rings (SSSR count). The fourth-order valence-corrected chi connectivity index (χ4v) is 8.53. The summed E-state index contributed by atoms with van der Waals surface area (Å²) in [7, 11) is 0. The lowest BCUT2D eigenvalue weighted by Gasteiger charge is -2.47. The molecule has 0 bridgehead atoms. The Hall–Kier alpha value is -2.89. The van der Waals surface area contributed by atoms with Crippen LogP contribution in [0.5, 0.6) is 0 Å². The minimum atomic E-state index is -2.57. The maximum absolute atomic E-state index is 13.9. The number of aliphatic hydroxyl groups excluding tert-OH is 10. The van der Waals surface area contributed by atoms with Crippen molar-refractivity contribution in [3.63, 3.8) is 0 Å². The third-order valence-corrected chi connectivity index (χ3v) is 12.2. The van der Waals surface area contributed by atoms with Gasteiger partial charge in [0.2, 0.25) is 17.9 Å². The molecular weight excluding hydrogens is 824 g/mol. The largest absolute Gasteiger partial charge is 0.458 e.